The smallest absolute Gasteiger partial charge is 0.332 e. The fourth-order valence-electron chi connectivity index (χ4n) is 5.86. The van der Waals surface area contributed by atoms with Gasteiger partial charge in [0.1, 0.15) is 12.6 Å². The molecule has 268 valence electrons. The van der Waals surface area contributed by atoms with Crippen LogP contribution in [0.3, 0.4) is 0 Å². The molecule has 0 aliphatic heterocycles. The van der Waals surface area contributed by atoms with Gasteiger partial charge in [-0.1, -0.05) is 81.4 Å². The largest absolute Gasteiger partial charge is 0.493 e. The van der Waals surface area contributed by atoms with E-state index >= 15 is 0 Å². The van der Waals surface area contributed by atoms with Crippen LogP contribution in [-0.2, 0) is 34.3 Å². The molecule has 2 aromatic carbocycles. The Morgan fingerprint density at radius 2 is 1.64 bits per heavy atom. The number of nitrogens with zero attached hydrogens (tertiary/aromatic N) is 5. The van der Waals surface area contributed by atoms with Crippen LogP contribution in [0.4, 0.5) is 0 Å². The normalized spacial score (nSPS) is 13.8. The van der Waals surface area contributed by atoms with E-state index in [4.69, 9.17) is 0 Å². The van der Waals surface area contributed by atoms with Crippen molar-refractivity contribution in [2.45, 2.75) is 77.2 Å². The van der Waals surface area contributed by atoms with E-state index < -0.39 is 45.7 Å². The van der Waals surface area contributed by atoms with E-state index in [1.54, 1.807) is 26.0 Å². The number of aliphatic hydroxyl groups excluding tert-OH is 1. The first-order chi connectivity index (χ1) is 23.7. The number of hydrogen-bond donors (Lipinski definition) is 3. The van der Waals surface area contributed by atoms with E-state index in [9.17, 15) is 33.1 Å². The predicted octanol–water partition coefficient (Wildman–Crippen LogP) is 4.01. The molecule has 2 heterocycles. The lowest BCUT2D eigenvalue weighted by atomic mass is 9.98. The Morgan fingerprint density at radius 3 is 2.24 bits per heavy atom. The van der Waals surface area contributed by atoms with Crippen molar-refractivity contribution < 1.29 is 23.4 Å². The first-order valence-electron chi connectivity index (χ1n) is 16.5. The summed E-state index contributed by atoms with van der Waals surface area (Å²) in [4.78, 5) is 42.8. The van der Waals surface area contributed by atoms with Crippen molar-refractivity contribution in [3.05, 3.63) is 117 Å². The Kier molecular flexibility index (Phi) is 12.8. The molecule has 4 aromatic rings. The fourth-order valence-corrected chi connectivity index (χ4v) is 7.48. The Morgan fingerprint density at radius 1 is 0.960 bits per heavy atom. The van der Waals surface area contributed by atoms with E-state index in [1.807, 2.05) is 57.2 Å². The number of carbonyl (C=O) groups is 1. The van der Waals surface area contributed by atoms with Crippen molar-refractivity contribution in [2.75, 3.05) is 13.1 Å². The summed E-state index contributed by atoms with van der Waals surface area (Å²) in [7, 11) is -4.10. The Labute approximate surface area is 292 Å². The van der Waals surface area contributed by atoms with Crippen LogP contribution < -0.4 is 11.0 Å². The quantitative estimate of drug-likeness (QED) is 0.138. The summed E-state index contributed by atoms with van der Waals surface area (Å²) in [6.07, 6.45) is 0.0289. The van der Waals surface area contributed by atoms with Crippen LogP contribution >= 0.6 is 0 Å². The number of aromatic hydroxyl groups is 1. The highest BCUT2D eigenvalue weighted by Crippen LogP contribution is 2.23. The minimum atomic E-state index is -4.10. The molecule has 0 spiro atoms. The van der Waals surface area contributed by atoms with Gasteiger partial charge in [-0.05, 0) is 60.6 Å². The Balaban J connectivity index is 1.64. The molecule has 4 rings (SSSR count). The van der Waals surface area contributed by atoms with Gasteiger partial charge in [0.05, 0.1) is 35.5 Å². The van der Waals surface area contributed by atoms with E-state index in [0.29, 0.717) is 11.3 Å². The number of benzene rings is 2. The summed E-state index contributed by atoms with van der Waals surface area (Å²) < 4.78 is 31.2. The molecule has 0 aliphatic carbocycles. The van der Waals surface area contributed by atoms with Crippen LogP contribution in [-0.4, -0.2) is 68.2 Å². The molecular weight excluding hydrogens is 660 g/mol. The van der Waals surface area contributed by atoms with Crippen molar-refractivity contribution in [1.29, 1.82) is 0 Å². The maximum atomic E-state index is 14.1. The summed E-state index contributed by atoms with van der Waals surface area (Å²) in [5.41, 5.74) is 2.06. The number of sulfonamides is 1. The molecule has 0 saturated carbocycles. The number of carbonyl (C=O) groups excluding carboxylic acids is 1. The number of imidazole rings is 1. The fraction of sp³-hybridized carbons (Fsp3) is 0.417. The van der Waals surface area contributed by atoms with Gasteiger partial charge in [-0.3, -0.25) is 18.9 Å². The van der Waals surface area contributed by atoms with Crippen LogP contribution in [0.5, 0.6) is 5.88 Å². The lowest BCUT2D eigenvalue weighted by Crippen LogP contribution is -2.53. The molecule has 0 bridgehead atoms. The third-order valence-electron chi connectivity index (χ3n) is 8.31. The number of amides is 1. The molecule has 0 aliphatic rings. The first-order valence-corrected chi connectivity index (χ1v) is 18.0. The second-order valence-electron chi connectivity index (χ2n) is 13.2. The summed E-state index contributed by atoms with van der Waals surface area (Å²) in [5, 5.41) is 28.2. The molecule has 3 N–H and O–H groups in total. The van der Waals surface area contributed by atoms with Crippen LogP contribution in [0.2, 0.25) is 0 Å². The molecule has 0 saturated heterocycles. The minimum Gasteiger partial charge on any atom is -0.493 e. The third-order valence-corrected chi connectivity index (χ3v) is 10.2. The van der Waals surface area contributed by atoms with E-state index in [-0.39, 0.29) is 49.3 Å². The van der Waals surface area contributed by atoms with Crippen molar-refractivity contribution in [3.8, 4) is 5.88 Å². The molecule has 0 fully saturated rings. The van der Waals surface area contributed by atoms with Gasteiger partial charge in [-0.2, -0.15) is 9.21 Å². The average Bonchev–Trinajstić information content (AvgIpc) is 3.32. The van der Waals surface area contributed by atoms with Crippen molar-refractivity contribution in [1.82, 2.24) is 23.7 Å². The van der Waals surface area contributed by atoms with Crippen LogP contribution in [0.25, 0.3) is 0 Å². The lowest BCUT2D eigenvalue weighted by molar-refractivity contribution is -0.127. The summed E-state index contributed by atoms with van der Waals surface area (Å²) in [5.74, 6) is -1.42. The predicted molar refractivity (Wildman–Crippen MR) is 190 cm³/mol. The standard InChI is InChI=1S/C36H46N6O7S/c1-24(2)20-40(50(48,49)30-16-14-28(15-17-30)19-37-47)22-32(43)31(18-27-11-7-6-8-12-27)39-35(45)34(25(3)4)42-23-33(44)41(36(42)46)21-29-13-9-10-26(5)38-29/h6-17,23-25,31-32,34,43-44H,18-22H2,1-5H3,(H,39,45)/t31-,32+,34-/m0/s1. The Hall–Kier alpha value is -4.66. The highest BCUT2D eigenvalue weighted by atomic mass is 32.2. The number of rotatable bonds is 17. The van der Waals surface area contributed by atoms with Gasteiger partial charge in [0.15, 0.2) is 0 Å². The second-order valence-corrected chi connectivity index (χ2v) is 15.2. The molecular formula is C36H46N6O7S. The number of aryl methyl sites for hydroxylation is 1. The number of aromatic nitrogens is 3. The molecule has 2 aromatic heterocycles. The van der Waals surface area contributed by atoms with Crippen molar-refractivity contribution in [2.24, 2.45) is 17.0 Å². The topological polar surface area (TPSA) is 176 Å². The van der Waals surface area contributed by atoms with Crippen molar-refractivity contribution in [3.63, 3.8) is 0 Å². The summed E-state index contributed by atoms with van der Waals surface area (Å²) >= 11 is 0. The molecule has 3 atom stereocenters. The first kappa shape index (κ1) is 38.1. The van der Waals surface area contributed by atoms with E-state index in [0.717, 1.165) is 15.8 Å². The Bertz CT molecular complexity index is 1910. The zero-order chi connectivity index (χ0) is 36.6. The van der Waals surface area contributed by atoms with Gasteiger partial charge in [-0.15, -0.1) is 0 Å². The van der Waals surface area contributed by atoms with Crippen LogP contribution in [0.15, 0.2) is 93.9 Å². The van der Waals surface area contributed by atoms with Gasteiger partial charge in [0.25, 0.3) is 0 Å². The maximum Gasteiger partial charge on any atom is 0.332 e. The van der Waals surface area contributed by atoms with E-state index in [2.05, 4.69) is 15.5 Å². The number of aliphatic hydroxyl groups is 1. The SMILES string of the molecule is Cc1cccc(Cn2c(O)cn([C@H](C(=O)N[C@@H](Cc3ccccc3)[C@H](O)CN(CC(C)C)S(=O)(=O)c3ccc(CN=O)cc3)C(C)C)c2=O)n1. The van der Waals surface area contributed by atoms with Gasteiger partial charge in [0, 0.05) is 18.8 Å². The molecule has 13 nitrogen and oxygen atoms in total. The van der Waals surface area contributed by atoms with Crippen LogP contribution in [0, 0.1) is 23.7 Å². The van der Waals surface area contributed by atoms with Gasteiger partial charge >= 0.3 is 5.69 Å². The second kappa shape index (κ2) is 16.8. The number of nitrogens with one attached hydrogen (secondary N) is 1. The zero-order valence-electron chi connectivity index (χ0n) is 29.0. The minimum absolute atomic E-state index is 0.00199. The third kappa shape index (κ3) is 9.52. The van der Waals surface area contributed by atoms with Gasteiger partial charge in [-0.25, -0.2) is 13.2 Å². The highest BCUT2D eigenvalue weighted by Gasteiger charge is 2.34. The monoisotopic (exact) mass is 706 g/mol. The van der Waals surface area contributed by atoms with Crippen molar-refractivity contribution >= 4 is 15.9 Å². The number of hydrogen-bond acceptors (Lipinski definition) is 9. The molecule has 0 unspecified atom stereocenters. The molecule has 1 amide bonds. The lowest BCUT2D eigenvalue weighted by Gasteiger charge is -2.32. The zero-order valence-corrected chi connectivity index (χ0v) is 29.8. The van der Waals surface area contributed by atoms with Gasteiger partial charge < -0.3 is 15.5 Å². The number of pyridine rings is 1. The van der Waals surface area contributed by atoms with Crippen LogP contribution in [0.1, 0.15) is 56.3 Å². The molecule has 0 radical (unpaired) electrons. The summed E-state index contributed by atoms with van der Waals surface area (Å²) in [6.45, 7) is 8.74. The molecule has 14 heteroatoms. The average molecular weight is 707 g/mol. The molecule has 50 heavy (non-hydrogen) atoms. The highest BCUT2D eigenvalue weighted by molar-refractivity contribution is 7.89. The van der Waals surface area contributed by atoms with Gasteiger partial charge in [0.2, 0.25) is 21.8 Å². The van der Waals surface area contributed by atoms with E-state index in [1.165, 1.54) is 39.3 Å². The maximum absolute atomic E-state index is 14.1. The number of nitroso groups, excluding NO2 is 1. The summed E-state index contributed by atoms with van der Waals surface area (Å²) in [6, 6.07) is 18.3.